The fourth-order valence-corrected chi connectivity index (χ4v) is 3.56. The number of carbonyl (C=O) groups is 2. The van der Waals surface area contributed by atoms with Crippen molar-refractivity contribution in [2.24, 2.45) is 0 Å². The molecule has 0 aliphatic rings. The first-order valence-electron chi connectivity index (χ1n) is 11.5. The number of carboxylic acid groups (broad SMARTS) is 1. The van der Waals surface area contributed by atoms with Gasteiger partial charge in [-0.2, -0.15) is 0 Å². The van der Waals surface area contributed by atoms with E-state index in [1.807, 2.05) is 54.6 Å². The predicted octanol–water partition coefficient (Wildman–Crippen LogP) is 4.90. The molecule has 0 aliphatic heterocycles. The number of aliphatic carboxylic acids is 1. The van der Waals surface area contributed by atoms with Gasteiger partial charge in [0.2, 0.25) is 5.76 Å². The molecule has 0 atom stereocenters. The second kappa shape index (κ2) is 13.0. The maximum Gasteiger partial charge on any atom is 0.303 e. The van der Waals surface area contributed by atoms with Crippen molar-refractivity contribution in [2.75, 3.05) is 12.3 Å². The van der Waals surface area contributed by atoms with Gasteiger partial charge in [0.1, 0.15) is 5.75 Å². The smallest absolute Gasteiger partial charge is 0.303 e. The minimum absolute atomic E-state index is 0.0372. The number of nitrogens with zero attached hydrogens (tertiary/aromatic N) is 2. The summed E-state index contributed by atoms with van der Waals surface area (Å²) in [5.41, 5.74) is 7.51. The van der Waals surface area contributed by atoms with Crippen LogP contribution in [0.3, 0.4) is 0 Å². The minimum atomic E-state index is -0.734. The van der Waals surface area contributed by atoms with E-state index in [1.165, 1.54) is 6.20 Å². The highest BCUT2D eigenvalue weighted by Crippen LogP contribution is 2.18. The second-order valence-corrected chi connectivity index (χ2v) is 8.11. The van der Waals surface area contributed by atoms with Crippen molar-refractivity contribution >= 4 is 17.9 Å². The molecule has 1 aromatic heterocycles. The number of nitrogen functional groups attached to an aromatic ring is 1. The van der Waals surface area contributed by atoms with Crippen LogP contribution in [0.4, 0.5) is 6.01 Å². The lowest BCUT2D eigenvalue weighted by atomic mass is 10.1. The van der Waals surface area contributed by atoms with Crippen molar-refractivity contribution in [3.8, 4) is 5.75 Å². The normalized spacial score (nSPS) is 10.7. The SMILES string of the molecule is Nc1ncc(C(=O)N(Cc2ccccc2)Cc2ccc(OCCCCCCCC(=O)O)cc2)o1. The van der Waals surface area contributed by atoms with Gasteiger partial charge in [-0.1, -0.05) is 61.7 Å². The lowest BCUT2D eigenvalue weighted by Crippen LogP contribution is -2.29. The molecule has 0 fully saturated rings. The number of carboxylic acids is 1. The molecule has 8 heteroatoms. The molecule has 0 spiro atoms. The number of benzene rings is 2. The van der Waals surface area contributed by atoms with Gasteiger partial charge in [-0.15, -0.1) is 0 Å². The number of carbonyl (C=O) groups excluding carboxylic acids is 1. The summed E-state index contributed by atoms with van der Waals surface area (Å²) in [4.78, 5) is 29.0. The van der Waals surface area contributed by atoms with E-state index in [4.69, 9.17) is 20.0 Å². The largest absolute Gasteiger partial charge is 0.494 e. The molecule has 1 amide bonds. The topological polar surface area (TPSA) is 119 Å². The van der Waals surface area contributed by atoms with Crippen LogP contribution in [-0.2, 0) is 17.9 Å². The zero-order valence-corrected chi connectivity index (χ0v) is 19.2. The van der Waals surface area contributed by atoms with Gasteiger partial charge in [-0.3, -0.25) is 9.59 Å². The Bertz CT molecular complexity index is 1030. The van der Waals surface area contributed by atoms with Crippen LogP contribution in [0.2, 0.25) is 0 Å². The molecule has 0 aliphatic carbocycles. The number of unbranched alkanes of at least 4 members (excludes halogenated alkanes) is 4. The third kappa shape index (κ3) is 8.27. The number of nitrogens with two attached hydrogens (primary N) is 1. The number of rotatable bonds is 14. The predicted molar refractivity (Wildman–Crippen MR) is 128 cm³/mol. The van der Waals surface area contributed by atoms with Crippen LogP contribution >= 0.6 is 0 Å². The van der Waals surface area contributed by atoms with Crippen molar-refractivity contribution < 1.29 is 23.8 Å². The Morgan fingerprint density at radius 2 is 1.56 bits per heavy atom. The number of anilines is 1. The van der Waals surface area contributed by atoms with E-state index in [9.17, 15) is 9.59 Å². The lowest BCUT2D eigenvalue weighted by Gasteiger charge is -2.22. The van der Waals surface area contributed by atoms with Crippen molar-refractivity contribution in [1.82, 2.24) is 9.88 Å². The van der Waals surface area contributed by atoms with E-state index in [-0.39, 0.29) is 24.1 Å². The summed E-state index contributed by atoms with van der Waals surface area (Å²) in [7, 11) is 0. The summed E-state index contributed by atoms with van der Waals surface area (Å²) < 4.78 is 11.1. The van der Waals surface area contributed by atoms with Crippen molar-refractivity contribution in [3.63, 3.8) is 0 Å². The van der Waals surface area contributed by atoms with Crippen LogP contribution in [0.25, 0.3) is 0 Å². The summed E-state index contributed by atoms with van der Waals surface area (Å²) in [6.07, 6.45) is 6.19. The Morgan fingerprint density at radius 1 is 0.912 bits per heavy atom. The average Bonchev–Trinajstić information content (AvgIpc) is 3.27. The van der Waals surface area contributed by atoms with E-state index in [1.54, 1.807) is 4.90 Å². The highest BCUT2D eigenvalue weighted by atomic mass is 16.5. The highest BCUT2D eigenvalue weighted by molar-refractivity contribution is 5.91. The Kier molecular flexibility index (Phi) is 9.52. The minimum Gasteiger partial charge on any atom is -0.494 e. The molecule has 0 unspecified atom stereocenters. The molecule has 34 heavy (non-hydrogen) atoms. The molecule has 3 aromatic rings. The first-order valence-corrected chi connectivity index (χ1v) is 11.5. The summed E-state index contributed by atoms with van der Waals surface area (Å²) in [5.74, 6) is -0.131. The molecule has 3 N–H and O–H groups in total. The molecular weight excluding hydrogens is 434 g/mol. The first-order chi connectivity index (χ1) is 16.5. The molecule has 0 radical (unpaired) electrons. The van der Waals surface area contributed by atoms with Crippen LogP contribution in [0.5, 0.6) is 5.75 Å². The van der Waals surface area contributed by atoms with E-state index < -0.39 is 5.97 Å². The Balaban J connectivity index is 1.51. The van der Waals surface area contributed by atoms with E-state index in [2.05, 4.69) is 4.98 Å². The van der Waals surface area contributed by atoms with Crippen LogP contribution in [0.15, 0.2) is 65.2 Å². The zero-order chi connectivity index (χ0) is 24.2. The maximum absolute atomic E-state index is 13.0. The molecule has 0 bridgehead atoms. The van der Waals surface area contributed by atoms with Gasteiger partial charge < -0.3 is 24.9 Å². The first kappa shape index (κ1) is 24.8. The van der Waals surface area contributed by atoms with Crippen molar-refractivity contribution in [1.29, 1.82) is 0 Å². The summed E-state index contributed by atoms with van der Waals surface area (Å²) in [6, 6.07) is 17.4. The number of ether oxygens (including phenoxy) is 1. The molecule has 180 valence electrons. The van der Waals surface area contributed by atoms with Crippen molar-refractivity contribution in [2.45, 2.75) is 51.6 Å². The number of hydrogen-bond donors (Lipinski definition) is 2. The van der Waals surface area contributed by atoms with Gasteiger partial charge in [-0.25, -0.2) is 4.98 Å². The van der Waals surface area contributed by atoms with Gasteiger partial charge in [0, 0.05) is 19.5 Å². The third-order valence-electron chi connectivity index (χ3n) is 5.34. The molecular formula is C26H31N3O5. The summed E-state index contributed by atoms with van der Waals surface area (Å²) in [5, 5.41) is 8.64. The second-order valence-electron chi connectivity index (χ2n) is 8.11. The zero-order valence-electron chi connectivity index (χ0n) is 19.2. The van der Waals surface area contributed by atoms with Gasteiger partial charge >= 0.3 is 5.97 Å². The van der Waals surface area contributed by atoms with Crippen LogP contribution in [0.1, 0.15) is 60.2 Å². The van der Waals surface area contributed by atoms with Crippen LogP contribution < -0.4 is 10.5 Å². The van der Waals surface area contributed by atoms with Gasteiger partial charge in [-0.05, 0) is 36.1 Å². The monoisotopic (exact) mass is 465 g/mol. The van der Waals surface area contributed by atoms with Crippen LogP contribution in [-0.4, -0.2) is 33.5 Å². The van der Waals surface area contributed by atoms with E-state index in [0.29, 0.717) is 19.7 Å². The molecule has 8 nitrogen and oxygen atoms in total. The standard InChI is InChI=1S/C26H31N3O5/c27-26-28-17-23(34-26)25(32)29(18-20-9-5-4-6-10-20)19-21-12-14-22(15-13-21)33-16-8-3-1-2-7-11-24(30)31/h4-6,9-10,12-15,17H,1-3,7-8,11,16,18-19H2,(H2,27,28)(H,30,31). The number of aromatic nitrogens is 1. The lowest BCUT2D eigenvalue weighted by molar-refractivity contribution is -0.137. The molecule has 0 saturated carbocycles. The van der Waals surface area contributed by atoms with E-state index in [0.717, 1.165) is 49.0 Å². The summed E-state index contributed by atoms with van der Waals surface area (Å²) >= 11 is 0. The number of hydrogen-bond acceptors (Lipinski definition) is 6. The Labute approximate surface area is 199 Å². The fraction of sp³-hybridized carbons (Fsp3) is 0.346. The number of oxazole rings is 1. The Morgan fingerprint density at radius 3 is 2.21 bits per heavy atom. The summed E-state index contributed by atoms with van der Waals surface area (Å²) in [6.45, 7) is 1.43. The van der Waals surface area contributed by atoms with Gasteiger partial charge in [0.05, 0.1) is 12.8 Å². The van der Waals surface area contributed by atoms with Crippen LogP contribution in [0, 0.1) is 0 Å². The highest BCUT2D eigenvalue weighted by Gasteiger charge is 2.20. The maximum atomic E-state index is 13.0. The quantitative estimate of drug-likeness (QED) is 0.325. The Hall–Kier alpha value is -3.81. The molecule has 3 rings (SSSR count). The van der Waals surface area contributed by atoms with E-state index >= 15 is 0 Å². The molecule has 0 saturated heterocycles. The average molecular weight is 466 g/mol. The van der Waals surface area contributed by atoms with Gasteiger partial charge in [0.15, 0.2) is 0 Å². The molecule has 2 aromatic carbocycles. The third-order valence-corrected chi connectivity index (χ3v) is 5.34. The van der Waals surface area contributed by atoms with Gasteiger partial charge in [0.25, 0.3) is 11.9 Å². The molecule has 1 heterocycles. The fourth-order valence-electron chi connectivity index (χ4n) is 3.56. The number of amides is 1. The van der Waals surface area contributed by atoms with Crippen molar-refractivity contribution in [3.05, 3.63) is 77.7 Å².